The van der Waals surface area contributed by atoms with Crippen LogP contribution in [-0.2, 0) is 59.0 Å². The molecule has 0 aliphatic heterocycles. The number of hydrogen-bond acceptors (Lipinski definition) is 0. The Bertz CT molecular complexity index is 1240. The van der Waals surface area contributed by atoms with Gasteiger partial charge in [0, 0.05) is 0 Å². The van der Waals surface area contributed by atoms with Crippen molar-refractivity contribution in [2.24, 2.45) is 5.92 Å². The topological polar surface area (TPSA) is 0 Å². The monoisotopic (exact) mass is 686 g/mol. The first-order chi connectivity index (χ1) is 19.2. The van der Waals surface area contributed by atoms with Gasteiger partial charge in [-0.25, -0.2) is 0 Å². The van der Waals surface area contributed by atoms with E-state index in [2.05, 4.69) is 136 Å². The molecule has 0 aromatic heterocycles. The summed E-state index contributed by atoms with van der Waals surface area (Å²) in [6.45, 7) is 18.7. The van der Waals surface area contributed by atoms with E-state index in [1.54, 1.807) is 30.2 Å². The summed E-state index contributed by atoms with van der Waals surface area (Å²) in [4.78, 5) is 0. The molecule has 0 heterocycles. The fraction of sp³-hybridized carbons (Fsp3) is 0.421. The largest absolute Gasteiger partial charge is 1.00 e. The maximum Gasteiger partial charge on any atom is -1.00 e. The second kappa shape index (κ2) is 17.6. The predicted molar refractivity (Wildman–Crippen MR) is 175 cm³/mol. The van der Waals surface area contributed by atoms with E-state index in [-0.39, 0.29) is 37.2 Å². The molecule has 230 valence electrons. The number of benzene rings is 3. The molecule has 0 saturated carbocycles. The minimum atomic E-state index is -2.60. The first kappa shape index (κ1) is 40.0. The molecule has 0 N–H and O–H groups in total. The van der Waals surface area contributed by atoms with Crippen molar-refractivity contribution in [3.05, 3.63) is 109 Å². The van der Waals surface area contributed by atoms with Crippen molar-refractivity contribution in [1.29, 1.82) is 0 Å². The quantitative estimate of drug-likeness (QED) is 0.177. The standard InChI is InChI=1S/C38H49Si.3ClH.Ti/c1-9-28-17-29(10-2)21-36(20-28)39(35-16-15-34(26-35)27(7)8,37-22-30(11-3)18-31(12-4)23-37)38-24-32(13-5)19-33(14-6)25-38;;;;/h15,17-25,27H,9-14,16H2,1-8H3;3*1H;/q;;;;+3/p-3. The summed E-state index contributed by atoms with van der Waals surface area (Å²) in [6, 6.07) is 23.0. The normalized spacial score (nSPS) is 13.0. The molecule has 0 unspecified atom stereocenters. The third-order valence-electron chi connectivity index (χ3n) is 9.10. The molecule has 0 bridgehead atoms. The Hall–Kier alpha value is -1.06. The molecule has 0 spiro atoms. The van der Waals surface area contributed by atoms with Gasteiger partial charge in [-0.15, -0.1) is 0 Å². The number of halogens is 3. The second-order valence-electron chi connectivity index (χ2n) is 11.9. The number of allylic oxidation sites excluding steroid dienone is 4. The van der Waals surface area contributed by atoms with Gasteiger partial charge in [0.25, 0.3) is 0 Å². The molecule has 3 aromatic rings. The third kappa shape index (κ3) is 8.03. The number of rotatable bonds is 11. The van der Waals surface area contributed by atoms with Crippen molar-refractivity contribution in [1.82, 2.24) is 0 Å². The summed E-state index contributed by atoms with van der Waals surface area (Å²) >= 11 is 2.44. The minimum Gasteiger partial charge on any atom is -1.00 e. The van der Waals surface area contributed by atoms with Crippen LogP contribution in [-0.4, -0.2) is 8.07 Å². The van der Waals surface area contributed by atoms with Gasteiger partial charge in [-0.3, -0.25) is 0 Å². The molecule has 43 heavy (non-hydrogen) atoms. The molecule has 3 aromatic carbocycles. The van der Waals surface area contributed by atoms with E-state index < -0.39 is 8.07 Å². The number of aryl methyl sites for hydroxylation is 6. The van der Waals surface area contributed by atoms with Gasteiger partial charge in [-0.1, -0.05) is 0 Å². The van der Waals surface area contributed by atoms with E-state index in [0.29, 0.717) is 5.92 Å². The first-order valence-electron chi connectivity index (χ1n) is 15.8. The Balaban J connectivity index is 0.00000308. The molecular formula is C38H49Cl3SiTi. The molecular weight excluding hydrogens is 639 g/mol. The molecule has 0 nitrogen and oxygen atoms in total. The van der Waals surface area contributed by atoms with Crippen molar-refractivity contribution in [3.63, 3.8) is 0 Å². The van der Waals surface area contributed by atoms with Crippen LogP contribution in [0.2, 0.25) is 0 Å². The maximum absolute atomic E-state index is 2.60. The summed E-state index contributed by atoms with van der Waals surface area (Å²) in [5, 5.41) is 6.46. The Morgan fingerprint density at radius 3 is 1.02 bits per heavy atom. The minimum absolute atomic E-state index is 0. The summed E-state index contributed by atoms with van der Waals surface area (Å²) < 4.78 is 1.56. The SMILES string of the molecule is CCc1cc(CC)cc([Si](C2=[C]([Ti+3])C(C(C)C)=CC2)(c2cc(CC)cc(CC)c2)c2cc(CC)cc(CC)c2)c1.[Cl-].[Cl-].[Cl-]. The van der Waals surface area contributed by atoms with E-state index in [1.165, 1.54) is 33.4 Å². The van der Waals surface area contributed by atoms with Gasteiger partial charge in [0.15, 0.2) is 0 Å². The zero-order valence-electron chi connectivity index (χ0n) is 27.4. The van der Waals surface area contributed by atoms with Gasteiger partial charge in [-0.05, 0) is 0 Å². The van der Waals surface area contributed by atoms with Crippen molar-refractivity contribution in [3.8, 4) is 0 Å². The molecule has 0 saturated heterocycles. The van der Waals surface area contributed by atoms with Crippen LogP contribution in [0, 0.1) is 5.92 Å². The Morgan fingerprint density at radius 1 is 0.535 bits per heavy atom. The van der Waals surface area contributed by atoms with Crippen LogP contribution in [0.25, 0.3) is 0 Å². The van der Waals surface area contributed by atoms with Crippen LogP contribution in [0.5, 0.6) is 0 Å². The number of hydrogen-bond donors (Lipinski definition) is 0. The molecule has 0 amide bonds. The molecule has 0 radical (unpaired) electrons. The first-order valence-corrected chi connectivity index (χ1v) is 18.6. The van der Waals surface area contributed by atoms with Gasteiger partial charge in [0.2, 0.25) is 0 Å². The third-order valence-corrected chi connectivity index (χ3v) is 15.2. The average Bonchev–Trinajstić information content (AvgIpc) is 3.38. The van der Waals surface area contributed by atoms with E-state index in [1.807, 2.05) is 0 Å². The maximum atomic E-state index is 2.60. The van der Waals surface area contributed by atoms with Gasteiger partial charge in [-0.2, -0.15) is 0 Å². The van der Waals surface area contributed by atoms with Gasteiger partial charge in [0.05, 0.1) is 0 Å². The Labute approximate surface area is 294 Å². The predicted octanol–water partition coefficient (Wildman–Crippen LogP) is -1.13. The molecule has 4 rings (SSSR count). The van der Waals surface area contributed by atoms with Crippen molar-refractivity contribution < 1.29 is 57.7 Å². The molecule has 0 fully saturated rings. The van der Waals surface area contributed by atoms with Gasteiger partial charge in [0.1, 0.15) is 0 Å². The fourth-order valence-electron chi connectivity index (χ4n) is 6.64. The molecule has 0 atom stereocenters. The van der Waals surface area contributed by atoms with Crippen LogP contribution in [0.4, 0.5) is 0 Å². The Kier molecular flexibility index (Phi) is 16.3. The zero-order valence-corrected chi connectivity index (χ0v) is 32.3. The van der Waals surface area contributed by atoms with Crippen LogP contribution in [0.3, 0.4) is 0 Å². The summed E-state index contributed by atoms with van der Waals surface area (Å²) in [7, 11) is -2.60. The van der Waals surface area contributed by atoms with E-state index in [0.717, 1.165) is 44.9 Å². The molecule has 1 aliphatic rings. The van der Waals surface area contributed by atoms with E-state index >= 15 is 0 Å². The second-order valence-corrected chi connectivity index (χ2v) is 16.5. The Morgan fingerprint density at radius 2 is 0.814 bits per heavy atom. The van der Waals surface area contributed by atoms with Crippen LogP contribution >= 0.6 is 0 Å². The van der Waals surface area contributed by atoms with Crippen LogP contribution < -0.4 is 52.8 Å². The van der Waals surface area contributed by atoms with Crippen LogP contribution in [0.1, 0.15) is 95.2 Å². The van der Waals surface area contributed by atoms with E-state index in [4.69, 9.17) is 0 Å². The van der Waals surface area contributed by atoms with Crippen molar-refractivity contribution in [2.45, 2.75) is 100 Å². The smallest absolute Gasteiger partial charge is 1.00 e. The van der Waals surface area contributed by atoms with E-state index in [9.17, 15) is 0 Å². The zero-order chi connectivity index (χ0) is 29.0. The molecule has 1 aliphatic carbocycles. The summed E-state index contributed by atoms with van der Waals surface area (Å²) in [5.74, 6) is 0.540. The van der Waals surface area contributed by atoms with Crippen molar-refractivity contribution >= 4 is 23.6 Å². The average molecular weight is 688 g/mol. The fourth-order valence-corrected chi connectivity index (χ4v) is 13.7. The summed E-state index contributed by atoms with van der Waals surface area (Å²) in [6.07, 6.45) is 10.1. The van der Waals surface area contributed by atoms with Gasteiger partial charge >= 0.3 is 259 Å². The van der Waals surface area contributed by atoms with Crippen LogP contribution in [0.15, 0.2) is 75.3 Å². The van der Waals surface area contributed by atoms with Gasteiger partial charge < -0.3 is 37.2 Å². The summed E-state index contributed by atoms with van der Waals surface area (Å²) in [5.41, 5.74) is 10.4. The molecule has 5 heteroatoms. The van der Waals surface area contributed by atoms with Crippen molar-refractivity contribution in [2.75, 3.05) is 0 Å².